The van der Waals surface area contributed by atoms with E-state index in [2.05, 4.69) is 40.1 Å². The van der Waals surface area contributed by atoms with Crippen LogP contribution in [0.3, 0.4) is 0 Å². The van der Waals surface area contributed by atoms with Gasteiger partial charge in [-0.2, -0.15) is 0 Å². The smallest absolute Gasteiger partial charge is 0.245 e. The van der Waals surface area contributed by atoms with Gasteiger partial charge in [0.25, 0.3) is 0 Å². The van der Waals surface area contributed by atoms with E-state index in [1.165, 1.54) is 5.04 Å². The number of hydrogen-bond acceptors (Lipinski definition) is 9. The maximum atomic E-state index is 9.22. The Morgan fingerprint density at radius 2 is 1.90 bits per heavy atom. The van der Waals surface area contributed by atoms with Crippen LogP contribution < -0.4 is 9.47 Å². The van der Waals surface area contributed by atoms with Crippen molar-refractivity contribution in [3.8, 4) is 11.5 Å². The topological polar surface area (TPSA) is 100 Å². The van der Waals surface area contributed by atoms with E-state index in [1.807, 2.05) is 12.1 Å². The Morgan fingerprint density at radius 1 is 1.27 bits per heavy atom. The molecule has 1 aliphatic rings. The number of rotatable bonds is 8. The highest BCUT2D eigenvalue weighted by Crippen LogP contribution is 2.28. The Labute approximate surface area is 183 Å². The van der Waals surface area contributed by atoms with Gasteiger partial charge in [-0.1, -0.05) is 11.8 Å². The zero-order valence-corrected chi connectivity index (χ0v) is 19.9. The SMILES string of the molecule is COS(=O)(=O)[O-].COc1ccc(C(SC)=[N+]2CCOCC2)c(OCCCN(C)C)c1. The first-order valence-electron chi connectivity index (χ1n) is 9.42. The predicted octanol–water partition coefficient (Wildman–Crippen LogP) is 1.27. The molecule has 0 atom stereocenters. The lowest BCUT2D eigenvalue weighted by Gasteiger charge is -2.17. The van der Waals surface area contributed by atoms with Crippen molar-refractivity contribution in [2.45, 2.75) is 6.42 Å². The van der Waals surface area contributed by atoms with Crippen molar-refractivity contribution in [3.05, 3.63) is 23.8 Å². The van der Waals surface area contributed by atoms with Crippen LogP contribution in [0.1, 0.15) is 12.0 Å². The number of thioether (sulfide) groups is 1. The molecule has 1 saturated heterocycles. The zero-order valence-electron chi connectivity index (χ0n) is 18.3. The van der Waals surface area contributed by atoms with Crippen LogP contribution in [0.4, 0.5) is 0 Å². The number of morpholine rings is 1. The van der Waals surface area contributed by atoms with Crippen LogP contribution in [0.15, 0.2) is 18.2 Å². The second-order valence-corrected chi connectivity index (χ2v) is 8.50. The van der Waals surface area contributed by atoms with Gasteiger partial charge in [-0.05, 0) is 38.9 Å². The van der Waals surface area contributed by atoms with Gasteiger partial charge in [0.15, 0.2) is 13.1 Å². The number of nitrogens with zero attached hydrogens (tertiary/aromatic N) is 2. The van der Waals surface area contributed by atoms with Crippen LogP contribution in [-0.2, 0) is 19.3 Å². The summed E-state index contributed by atoms with van der Waals surface area (Å²) in [6.07, 6.45) is 3.11. The predicted molar refractivity (Wildman–Crippen MR) is 117 cm³/mol. The molecule has 0 saturated carbocycles. The van der Waals surface area contributed by atoms with E-state index in [9.17, 15) is 13.0 Å². The molecule has 0 N–H and O–H groups in total. The third-order valence-corrected chi connectivity index (χ3v) is 5.40. The molecular formula is C19H32N2O7S2. The van der Waals surface area contributed by atoms with Gasteiger partial charge in [-0.3, -0.25) is 4.18 Å². The highest BCUT2D eigenvalue weighted by Gasteiger charge is 2.23. The average Bonchev–Trinajstić information content (AvgIpc) is 2.73. The van der Waals surface area contributed by atoms with Gasteiger partial charge in [0.1, 0.15) is 24.7 Å². The summed E-state index contributed by atoms with van der Waals surface area (Å²) in [6, 6.07) is 6.09. The van der Waals surface area contributed by atoms with E-state index in [0.717, 1.165) is 63.4 Å². The third-order valence-electron chi connectivity index (χ3n) is 4.12. The fraction of sp³-hybridized carbons (Fsp3) is 0.632. The van der Waals surface area contributed by atoms with E-state index >= 15 is 0 Å². The van der Waals surface area contributed by atoms with Crippen molar-refractivity contribution >= 4 is 27.2 Å². The van der Waals surface area contributed by atoms with Crippen molar-refractivity contribution < 1.29 is 35.9 Å². The van der Waals surface area contributed by atoms with Crippen LogP contribution in [-0.4, -0.2) is 102 Å². The van der Waals surface area contributed by atoms with Crippen LogP contribution >= 0.6 is 11.8 Å². The number of benzene rings is 1. The molecule has 1 heterocycles. The molecule has 1 aliphatic heterocycles. The lowest BCUT2D eigenvalue weighted by atomic mass is 10.2. The Morgan fingerprint density at radius 3 is 2.40 bits per heavy atom. The molecule has 0 aliphatic carbocycles. The van der Waals surface area contributed by atoms with Crippen molar-refractivity contribution in [1.29, 1.82) is 0 Å². The zero-order chi connectivity index (χ0) is 22.6. The highest BCUT2D eigenvalue weighted by atomic mass is 32.3. The van der Waals surface area contributed by atoms with Gasteiger partial charge < -0.3 is 23.7 Å². The lowest BCUT2D eigenvalue weighted by Crippen LogP contribution is -2.32. The first-order valence-corrected chi connectivity index (χ1v) is 12.0. The molecule has 9 nitrogen and oxygen atoms in total. The summed E-state index contributed by atoms with van der Waals surface area (Å²) in [7, 11) is 2.24. The summed E-state index contributed by atoms with van der Waals surface area (Å²) in [5.74, 6) is 1.72. The minimum Gasteiger partial charge on any atom is -0.726 e. The van der Waals surface area contributed by atoms with Crippen LogP contribution in [0.2, 0.25) is 0 Å². The fourth-order valence-corrected chi connectivity index (χ4v) is 3.49. The summed E-state index contributed by atoms with van der Waals surface area (Å²) >= 11 is 1.76. The third kappa shape index (κ3) is 10.1. The Balaban J connectivity index is 0.000000656. The molecule has 1 fully saturated rings. The second kappa shape index (κ2) is 13.8. The standard InChI is InChI=1S/C18H29N2O3S.CH4O4S/c1-19(2)8-5-11-23-17-14-15(21-3)6-7-16(17)18(24-4)20-9-12-22-13-10-20;1-5-6(2,3)4/h6-7,14H,5,8-13H2,1-4H3;1H3,(H,2,3,4)/q+1;/p-1. The molecule has 0 unspecified atom stereocenters. The molecule has 11 heteroatoms. The maximum Gasteiger partial charge on any atom is 0.245 e. The molecule has 0 bridgehead atoms. The van der Waals surface area contributed by atoms with Crippen molar-refractivity contribution in [3.63, 3.8) is 0 Å². The molecule has 30 heavy (non-hydrogen) atoms. The van der Waals surface area contributed by atoms with Crippen LogP contribution in [0, 0.1) is 0 Å². The Hall–Kier alpha value is -1.37. The van der Waals surface area contributed by atoms with E-state index in [0.29, 0.717) is 6.61 Å². The van der Waals surface area contributed by atoms with E-state index in [4.69, 9.17) is 14.2 Å². The van der Waals surface area contributed by atoms with Gasteiger partial charge in [-0.25, -0.2) is 13.0 Å². The Bertz CT molecular complexity index is 775. The van der Waals surface area contributed by atoms with Gasteiger partial charge in [0.05, 0.1) is 26.4 Å². The first kappa shape index (κ1) is 26.7. The summed E-state index contributed by atoms with van der Waals surface area (Å²) in [5.41, 5.74) is 1.13. The van der Waals surface area contributed by atoms with E-state index in [-0.39, 0.29) is 0 Å². The first-order chi connectivity index (χ1) is 14.2. The van der Waals surface area contributed by atoms with E-state index < -0.39 is 10.4 Å². The maximum absolute atomic E-state index is 9.22. The minimum absolute atomic E-state index is 0.698. The average molecular weight is 465 g/mol. The summed E-state index contributed by atoms with van der Waals surface area (Å²) in [5, 5.41) is 1.24. The summed E-state index contributed by atoms with van der Waals surface area (Å²) in [4.78, 5) is 2.17. The number of hydrogen-bond donors (Lipinski definition) is 0. The molecule has 172 valence electrons. The van der Waals surface area contributed by atoms with Gasteiger partial charge in [-0.15, -0.1) is 0 Å². The van der Waals surface area contributed by atoms with Gasteiger partial charge in [0, 0.05) is 12.6 Å². The largest absolute Gasteiger partial charge is 0.726 e. The fourth-order valence-electron chi connectivity index (χ4n) is 2.66. The minimum atomic E-state index is -4.41. The number of methoxy groups -OCH3 is 1. The summed E-state index contributed by atoms with van der Waals surface area (Å²) in [6.45, 7) is 5.11. The highest BCUT2D eigenvalue weighted by molar-refractivity contribution is 8.13. The van der Waals surface area contributed by atoms with Crippen molar-refractivity contribution in [1.82, 2.24) is 4.90 Å². The molecule has 0 aromatic heterocycles. The molecule has 2 rings (SSSR count). The normalized spacial score (nSPS) is 14.2. The number of ether oxygens (including phenoxy) is 3. The second-order valence-electron chi connectivity index (χ2n) is 6.55. The lowest BCUT2D eigenvalue weighted by molar-refractivity contribution is -0.546. The monoisotopic (exact) mass is 464 g/mol. The molecule has 1 aromatic carbocycles. The summed E-state index contributed by atoms with van der Waals surface area (Å²) < 4.78 is 50.4. The van der Waals surface area contributed by atoms with E-state index in [1.54, 1.807) is 18.9 Å². The molecule has 0 spiro atoms. The molecule has 0 amide bonds. The van der Waals surface area contributed by atoms with Crippen LogP contribution in [0.5, 0.6) is 11.5 Å². The Kier molecular flexibility index (Phi) is 12.3. The molecular weight excluding hydrogens is 432 g/mol. The van der Waals surface area contributed by atoms with Gasteiger partial charge in [0.2, 0.25) is 15.4 Å². The molecule has 1 aromatic rings. The molecule has 0 radical (unpaired) electrons. The van der Waals surface area contributed by atoms with Crippen molar-refractivity contribution in [2.24, 2.45) is 0 Å². The van der Waals surface area contributed by atoms with Gasteiger partial charge >= 0.3 is 0 Å². The quantitative estimate of drug-likeness (QED) is 0.185. The van der Waals surface area contributed by atoms with Crippen molar-refractivity contribution in [2.75, 3.05) is 74.0 Å². The van der Waals surface area contributed by atoms with Crippen LogP contribution in [0.25, 0.3) is 0 Å².